The van der Waals surface area contributed by atoms with Gasteiger partial charge in [-0.2, -0.15) is 0 Å². The molecule has 9 nitrogen and oxygen atoms in total. The largest absolute Gasteiger partial charge is 0.489 e. The highest BCUT2D eigenvalue weighted by atomic mass is 16.5. The molecular formula is C28H38N5O4+. The van der Waals surface area contributed by atoms with E-state index in [1.54, 1.807) is 6.92 Å². The van der Waals surface area contributed by atoms with Crippen molar-refractivity contribution >= 4 is 28.9 Å². The second-order valence-electron chi connectivity index (χ2n) is 10.8. The van der Waals surface area contributed by atoms with Crippen molar-refractivity contribution in [1.29, 1.82) is 0 Å². The van der Waals surface area contributed by atoms with E-state index in [1.807, 2.05) is 31.2 Å². The zero-order chi connectivity index (χ0) is 26.9. The third-order valence-corrected chi connectivity index (χ3v) is 7.81. The maximum Gasteiger partial charge on any atom is 0.235 e. The van der Waals surface area contributed by atoms with Crippen LogP contribution in [-0.4, -0.2) is 85.1 Å². The number of hydrogen-bond acceptors (Lipinski definition) is 5. The van der Waals surface area contributed by atoms with Gasteiger partial charge in [0.05, 0.1) is 57.5 Å². The summed E-state index contributed by atoms with van der Waals surface area (Å²) >= 11 is 0. The molecule has 1 fully saturated rings. The molecule has 1 unspecified atom stereocenters. The summed E-state index contributed by atoms with van der Waals surface area (Å²) in [6.45, 7) is 6.16. The predicted molar refractivity (Wildman–Crippen MR) is 144 cm³/mol. The molecule has 198 valence electrons. The van der Waals surface area contributed by atoms with Gasteiger partial charge >= 0.3 is 0 Å². The summed E-state index contributed by atoms with van der Waals surface area (Å²) in [5.74, 6) is 0.104. The zero-order valence-electron chi connectivity index (χ0n) is 22.1. The fraction of sp³-hybridized carbons (Fsp3) is 0.464. The first-order valence-corrected chi connectivity index (χ1v) is 12.8. The number of carbonyl (C=O) groups excluding carboxylic acids is 2. The van der Waals surface area contributed by atoms with Gasteiger partial charge in [0.15, 0.2) is 12.2 Å². The molecule has 1 saturated heterocycles. The van der Waals surface area contributed by atoms with E-state index in [0.29, 0.717) is 12.2 Å². The van der Waals surface area contributed by atoms with Crippen LogP contribution in [0.25, 0.3) is 10.8 Å². The lowest BCUT2D eigenvalue weighted by Crippen LogP contribution is -2.63. The van der Waals surface area contributed by atoms with Gasteiger partial charge in [0.2, 0.25) is 5.91 Å². The van der Waals surface area contributed by atoms with Crippen molar-refractivity contribution in [2.45, 2.75) is 32.4 Å². The number of allylic oxidation sites excluding steroid dienone is 1. The number of aliphatic imine (C=N–C) groups is 1. The van der Waals surface area contributed by atoms with Crippen molar-refractivity contribution in [3.05, 3.63) is 53.2 Å². The number of β-lactam (4-membered cyclic amide) rings is 1. The molecule has 4 rings (SSSR count). The molecule has 2 aromatic carbocycles. The first-order chi connectivity index (χ1) is 17.6. The quantitative estimate of drug-likeness (QED) is 0.138. The van der Waals surface area contributed by atoms with Crippen LogP contribution >= 0.6 is 0 Å². The van der Waals surface area contributed by atoms with Gasteiger partial charge in [-0.3, -0.25) is 9.59 Å². The standard InChI is InChI=1S/C28H38N5O4/c1-17-22(23(15-34)32-26(17)25(18(2)35)27(32)36)16-37-24-10-6-8-20-19(7-5-9-21(20)24)11-13-33(3,4)14-12-31-28(29)30/h5-10,15,17-18,25-26,35H,11-14,16H2,1-4H3,(H4,29,30,31)/q+1/t17-,18+,25+,26?/m0/s1. The maximum absolute atomic E-state index is 12.6. The fourth-order valence-electron chi connectivity index (χ4n) is 5.60. The number of fused-ring (bicyclic) bond motifs is 2. The molecule has 0 radical (unpaired) electrons. The first-order valence-electron chi connectivity index (χ1n) is 12.8. The number of quaternary nitrogens is 1. The highest BCUT2D eigenvalue weighted by molar-refractivity contribution is 5.96. The highest BCUT2D eigenvalue weighted by Crippen LogP contribution is 2.46. The van der Waals surface area contributed by atoms with Gasteiger partial charge in [0.25, 0.3) is 0 Å². The van der Waals surface area contributed by atoms with Crippen molar-refractivity contribution in [2.75, 3.05) is 40.3 Å². The van der Waals surface area contributed by atoms with Crippen LogP contribution in [0.5, 0.6) is 5.75 Å². The number of amides is 1. The average molecular weight is 509 g/mol. The molecule has 2 aliphatic heterocycles. The zero-order valence-corrected chi connectivity index (χ0v) is 22.1. The summed E-state index contributed by atoms with van der Waals surface area (Å²) in [5.41, 5.74) is 13.3. The molecule has 0 bridgehead atoms. The number of aliphatic hydroxyl groups excluding tert-OH is 1. The minimum atomic E-state index is -0.754. The Balaban J connectivity index is 1.50. The topological polar surface area (TPSA) is 131 Å². The molecule has 0 saturated carbocycles. The number of rotatable bonds is 11. The number of hydrogen-bond donors (Lipinski definition) is 3. The molecule has 2 heterocycles. The van der Waals surface area contributed by atoms with Gasteiger partial charge in [-0.15, -0.1) is 0 Å². The third kappa shape index (κ3) is 5.19. The summed E-state index contributed by atoms with van der Waals surface area (Å²) in [6.07, 6.45) is 0.864. The second kappa shape index (κ2) is 10.5. The first kappa shape index (κ1) is 26.6. The van der Waals surface area contributed by atoms with Crippen LogP contribution < -0.4 is 16.2 Å². The van der Waals surface area contributed by atoms with E-state index >= 15 is 0 Å². The number of aldehydes is 1. The van der Waals surface area contributed by atoms with Crippen molar-refractivity contribution in [3.8, 4) is 5.75 Å². The summed E-state index contributed by atoms with van der Waals surface area (Å²) in [7, 11) is 4.33. The Labute approximate surface area is 218 Å². The lowest BCUT2D eigenvalue weighted by molar-refractivity contribution is -0.888. The minimum absolute atomic E-state index is 0.0676. The Hall–Kier alpha value is -3.43. The molecular weight excluding hydrogens is 470 g/mol. The number of aliphatic hydroxyl groups is 1. The summed E-state index contributed by atoms with van der Waals surface area (Å²) in [5, 5.41) is 12.2. The Morgan fingerprint density at radius 1 is 1.19 bits per heavy atom. The summed E-state index contributed by atoms with van der Waals surface area (Å²) in [6, 6.07) is 12.0. The Morgan fingerprint density at radius 3 is 2.57 bits per heavy atom. The summed E-state index contributed by atoms with van der Waals surface area (Å²) in [4.78, 5) is 30.1. The minimum Gasteiger partial charge on any atom is -0.489 e. The number of carbonyl (C=O) groups is 2. The van der Waals surface area contributed by atoms with Gasteiger partial charge in [0.1, 0.15) is 12.4 Å². The van der Waals surface area contributed by atoms with E-state index in [1.165, 1.54) is 10.5 Å². The number of nitrogens with two attached hydrogens (primary N) is 2. The van der Waals surface area contributed by atoms with Crippen LogP contribution in [0.4, 0.5) is 0 Å². The third-order valence-electron chi connectivity index (χ3n) is 7.81. The average Bonchev–Trinajstić information content (AvgIpc) is 3.07. The SMILES string of the molecule is C[C@H]1C(COc2cccc3c(CC[N+](C)(C)CCN=C(N)N)cccc23)=C(C=O)N2C(=O)[C@H]([C@@H](C)O)C12. The van der Waals surface area contributed by atoms with Crippen molar-refractivity contribution in [2.24, 2.45) is 28.3 Å². The van der Waals surface area contributed by atoms with Crippen LogP contribution in [0.3, 0.4) is 0 Å². The van der Waals surface area contributed by atoms with Gasteiger partial charge in [-0.1, -0.05) is 37.3 Å². The van der Waals surface area contributed by atoms with Gasteiger partial charge < -0.3 is 30.7 Å². The van der Waals surface area contributed by atoms with E-state index in [2.05, 4.69) is 31.2 Å². The predicted octanol–water partition coefficient (Wildman–Crippen LogP) is 1.42. The molecule has 1 amide bonds. The fourth-order valence-corrected chi connectivity index (χ4v) is 5.60. The van der Waals surface area contributed by atoms with Crippen LogP contribution in [0.15, 0.2) is 52.7 Å². The van der Waals surface area contributed by atoms with Crippen LogP contribution in [0.1, 0.15) is 19.4 Å². The Kier molecular flexibility index (Phi) is 7.57. The molecule has 0 aromatic heterocycles. The molecule has 37 heavy (non-hydrogen) atoms. The number of likely N-dealkylation sites (N-methyl/N-ethyl adjacent to an activating group) is 1. The number of guanidine groups is 1. The van der Waals surface area contributed by atoms with Crippen molar-refractivity contribution in [1.82, 2.24) is 4.90 Å². The van der Waals surface area contributed by atoms with E-state index in [9.17, 15) is 14.7 Å². The molecule has 2 aliphatic rings. The molecule has 2 aromatic rings. The van der Waals surface area contributed by atoms with E-state index in [0.717, 1.165) is 52.4 Å². The molecule has 0 spiro atoms. The van der Waals surface area contributed by atoms with Gasteiger partial charge in [-0.05, 0) is 29.5 Å². The molecule has 9 heteroatoms. The smallest absolute Gasteiger partial charge is 0.235 e. The van der Waals surface area contributed by atoms with Crippen LogP contribution in [-0.2, 0) is 16.0 Å². The maximum atomic E-state index is 12.6. The molecule has 4 atom stereocenters. The van der Waals surface area contributed by atoms with E-state index in [4.69, 9.17) is 16.2 Å². The lowest BCUT2D eigenvalue weighted by Gasteiger charge is -2.46. The van der Waals surface area contributed by atoms with Crippen molar-refractivity contribution in [3.63, 3.8) is 0 Å². The molecule has 0 aliphatic carbocycles. The van der Waals surface area contributed by atoms with Gasteiger partial charge in [0, 0.05) is 17.7 Å². The monoisotopic (exact) mass is 508 g/mol. The van der Waals surface area contributed by atoms with Gasteiger partial charge in [-0.25, -0.2) is 4.99 Å². The van der Waals surface area contributed by atoms with E-state index in [-0.39, 0.29) is 30.4 Å². The second-order valence-corrected chi connectivity index (χ2v) is 10.8. The molecule has 5 N–H and O–H groups in total. The summed E-state index contributed by atoms with van der Waals surface area (Å²) < 4.78 is 7.06. The van der Waals surface area contributed by atoms with Crippen molar-refractivity contribution < 1.29 is 23.9 Å². The number of ether oxygens (including phenoxy) is 1. The van der Waals surface area contributed by atoms with Crippen LogP contribution in [0.2, 0.25) is 0 Å². The number of nitrogens with zero attached hydrogens (tertiary/aromatic N) is 3. The lowest BCUT2D eigenvalue weighted by atomic mass is 9.78. The normalized spacial score (nSPS) is 22.0. The number of benzene rings is 2. The Bertz CT molecular complexity index is 1250. The Morgan fingerprint density at radius 2 is 1.89 bits per heavy atom. The highest BCUT2D eigenvalue weighted by Gasteiger charge is 2.58. The van der Waals surface area contributed by atoms with E-state index < -0.39 is 12.0 Å². The van der Waals surface area contributed by atoms with Crippen LogP contribution in [0, 0.1) is 11.8 Å².